The number of nitrogens with zero attached hydrogens (tertiary/aromatic N) is 1. The molecule has 0 saturated heterocycles. The standard InChI is InChI=1S/C29H25F4NO3.3C2H6.CH5N.CH4/c1-18-11-19(7-9-23(18)21-12-20(15-34-16-21)13-28(35)36-2)17-37-22-8-10-24(26(14-22)29(31,32)33)25-5-3-4-6-27(25)30;4*1-2;/h3-12,14-16,18,23H,13,17H2,1-2H3;3*1-2H3;2H2,1H3;1H4. The zero-order valence-corrected chi connectivity index (χ0v) is 27.8. The maximum Gasteiger partial charge on any atom is 0.417 e. The van der Waals surface area contributed by atoms with Crippen molar-refractivity contribution in [1.82, 2.24) is 4.98 Å². The molecule has 3 aromatic rings. The molecule has 2 atom stereocenters. The molecule has 2 unspecified atom stereocenters. The highest BCUT2D eigenvalue weighted by atomic mass is 19.4. The molecule has 0 radical (unpaired) electrons. The number of allylic oxidation sites excluding steroid dienone is 2. The molecule has 2 N–H and O–H groups in total. The van der Waals surface area contributed by atoms with Crippen molar-refractivity contribution in [3.05, 3.63) is 107 Å². The van der Waals surface area contributed by atoms with Crippen molar-refractivity contribution in [1.29, 1.82) is 0 Å². The summed E-state index contributed by atoms with van der Waals surface area (Å²) < 4.78 is 65.9. The van der Waals surface area contributed by atoms with E-state index in [4.69, 9.17) is 9.47 Å². The van der Waals surface area contributed by atoms with Gasteiger partial charge in [-0.2, -0.15) is 13.2 Å². The number of hydrogen-bond acceptors (Lipinski definition) is 5. The van der Waals surface area contributed by atoms with Gasteiger partial charge in [0.15, 0.2) is 0 Å². The van der Waals surface area contributed by atoms with Gasteiger partial charge in [0.1, 0.15) is 18.2 Å². The summed E-state index contributed by atoms with van der Waals surface area (Å²) in [6.45, 7) is 14.1. The number of aromatic nitrogens is 1. The lowest BCUT2D eigenvalue weighted by Crippen LogP contribution is -2.13. The van der Waals surface area contributed by atoms with Crippen LogP contribution in [0.15, 0.2) is 84.7 Å². The Labute approximate surface area is 273 Å². The molecule has 1 aromatic heterocycles. The second-order valence-electron chi connectivity index (χ2n) is 8.84. The molecule has 5 nitrogen and oxygen atoms in total. The summed E-state index contributed by atoms with van der Waals surface area (Å²) in [5.74, 6) is -0.954. The molecule has 0 amide bonds. The summed E-state index contributed by atoms with van der Waals surface area (Å²) in [6.07, 6.45) is 4.68. The van der Waals surface area contributed by atoms with E-state index in [-0.39, 0.29) is 55.1 Å². The van der Waals surface area contributed by atoms with Crippen molar-refractivity contribution in [2.24, 2.45) is 11.7 Å². The first-order chi connectivity index (χ1) is 21.7. The van der Waals surface area contributed by atoms with E-state index in [1.54, 1.807) is 12.4 Å². The van der Waals surface area contributed by atoms with Crippen LogP contribution in [-0.2, 0) is 22.1 Å². The number of ether oxygens (including phenoxy) is 2. The molecule has 0 aliphatic heterocycles. The quantitative estimate of drug-likeness (QED) is 0.204. The van der Waals surface area contributed by atoms with Crippen LogP contribution in [0.25, 0.3) is 11.1 Å². The minimum absolute atomic E-state index is 0. The van der Waals surface area contributed by atoms with Crippen molar-refractivity contribution < 1.29 is 31.8 Å². The monoisotopic (exact) mass is 648 g/mol. The summed E-state index contributed by atoms with van der Waals surface area (Å²) in [5, 5.41) is 0. The number of pyridine rings is 1. The third-order valence-corrected chi connectivity index (χ3v) is 6.20. The summed E-state index contributed by atoms with van der Waals surface area (Å²) >= 11 is 0. The Balaban J connectivity index is 0. The first-order valence-electron chi connectivity index (χ1n) is 15.2. The summed E-state index contributed by atoms with van der Waals surface area (Å²) in [4.78, 5) is 15.8. The molecule has 46 heavy (non-hydrogen) atoms. The van der Waals surface area contributed by atoms with Gasteiger partial charge in [0.05, 0.1) is 19.1 Å². The lowest BCUT2D eigenvalue weighted by atomic mass is 9.82. The van der Waals surface area contributed by atoms with Gasteiger partial charge in [0, 0.05) is 23.9 Å². The molecule has 1 aliphatic carbocycles. The Hall–Kier alpha value is -3.98. The maximum atomic E-state index is 14.2. The molecule has 0 fully saturated rings. The molecule has 0 spiro atoms. The lowest BCUT2D eigenvalue weighted by molar-refractivity contribution is -0.140. The highest BCUT2D eigenvalue weighted by molar-refractivity contribution is 5.72. The molecular formula is C37H52F4N2O3. The van der Waals surface area contributed by atoms with E-state index >= 15 is 0 Å². The summed E-state index contributed by atoms with van der Waals surface area (Å²) in [6, 6.07) is 10.8. The van der Waals surface area contributed by atoms with Gasteiger partial charge >= 0.3 is 12.1 Å². The summed E-state index contributed by atoms with van der Waals surface area (Å²) in [5.41, 5.74) is 5.69. The second-order valence-corrected chi connectivity index (χ2v) is 8.84. The molecule has 256 valence electrons. The molecule has 1 aliphatic rings. The first kappa shape index (κ1) is 44.1. The van der Waals surface area contributed by atoms with Crippen LogP contribution in [0.5, 0.6) is 5.75 Å². The van der Waals surface area contributed by atoms with Crippen LogP contribution in [-0.4, -0.2) is 31.7 Å². The lowest BCUT2D eigenvalue weighted by Gasteiger charge is -2.24. The number of carbonyl (C=O) groups excluding carboxylic acids is 1. The molecule has 0 bridgehead atoms. The number of benzene rings is 2. The van der Waals surface area contributed by atoms with Crippen LogP contribution in [0, 0.1) is 11.7 Å². The minimum atomic E-state index is -4.68. The highest BCUT2D eigenvalue weighted by Crippen LogP contribution is 2.40. The van der Waals surface area contributed by atoms with Crippen LogP contribution in [0.3, 0.4) is 0 Å². The van der Waals surface area contributed by atoms with Gasteiger partial charge < -0.3 is 15.2 Å². The average Bonchev–Trinajstić information content (AvgIpc) is 3.07. The second kappa shape index (κ2) is 23.4. The van der Waals surface area contributed by atoms with Gasteiger partial charge in [-0.3, -0.25) is 9.78 Å². The number of alkyl halides is 3. The molecule has 2 aromatic carbocycles. The van der Waals surface area contributed by atoms with Gasteiger partial charge in [-0.15, -0.1) is 0 Å². The Kier molecular flexibility index (Phi) is 22.4. The van der Waals surface area contributed by atoms with Crippen molar-refractivity contribution in [2.45, 2.75) is 74.4 Å². The van der Waals surface area contributed by atoms with Crippen LogP contribution in [0.2, 0.25) is 0 Å². The molecule has 0 saturated carbocycles. The molecule has 1 heterocycles. The molecule has 9 heteroatoms. The predicted molar refractivity (Wildman–Crippen MR) is 182 cm³/mol. The number of methoxy groups -OCH3 is 1. The molecular weight excluding hydrogens is 596 g/mol. The minimum Gasteiger partial charge on any atom is -0.489 e. The van der Waals surface area contributed by atoms with Crippen LogP contribution < -0.4 is 10.5 Å². The normalized spacial score (nSPS) is 14.4. The van der Waals surface area contributed by atoms with Crippen LogP contribution in [0.4, 0.5) is 17.6 Å². The van der Waals surface area contributed by atoms with Crippen molar-refractivity contribution >= 4 is 5.97 Å². The fourth-order valence-corrected chi connectivity index (χ4v) is 4.36. The number of hydrogen-bond donors (Lipinski definition) is 1. The zero-order chi connectivity index (χ0) is 34.6. The first-order valence-corrected chi connectivity index (χ1v) is 15.2. The van der Waals surface area contributed by atoms with Crippen molar-refractivity contribution in [3.63, 3.8) is 0 Å². The van der Waals surface area contributed by atoms with E-state index < -0.39 is 17.6 Å². The predicted octanol–water partition coefficient (Wildman–Crippen LogP) is 10.2. The van der Waals surface area contributed by atoms with Gasteiger partial charge in [0.25, 0.3) is 0 Å². The highest BCUT2D eigenvalue weighted by Gasteiger charge is 2.35. The van der Waals surface area contributed by atoms with E-state index in [0.29, 0.717) is 0 Å². The fraction of sp³-hybridized carbons (Fsp3) is 0.405. The number of nitrogens with two attached hydrogens (primary N) is 1. The number of carbonyl (C=O) groups is 1. The Morgan fingerprint density at radius 1 is 0.935 bits per heavy atom. The Bertz CT molecular complexity index is 1350. The van der Waals surface area contributed by atoms with E-state index in [0.717, 1.165) is 28.8 Å². The van der Waals surface area contributed by atoms with Gasteiger partial charge in [-0.25, -0.2) is 4.39 Å². The summed E-state index contributed by atoms with van der Waals surface area (Å²) in [7, 11) is 2.83. The van der Waals surface area contributed by atoms with E-state index in [9.17, 15) is 22.4 Å². The number of halogens is 4. The topological polar surface area (TPSA) is 74.4 Å². The van der Waals surface area contributed by atoms with E-state index in [1.807, 2.05) is 72.8 Å². The van der Waals surface area contributed by atoms with Crippen LogP contribution >= 0.6 is 0 Å². The SMILES string of the molecule is C.CC.CC.CC.CN.COC(=O)Cc1cncc(C2C=CC(COc3ccc(-c4ccccc4F)c(C(F)(F)F)c3)=CC2C)c1. The zero-order valence-electron chi connectivity index (χ0n) is 27.8. The van der Waals surface area contributed by atoms with Gasteiger partial charge in [0.2, 0.25) is 0 Å². The third kappa shape index (κ3) is 13.2. The number of rotatable bonds is 7. The van der Waals surface area contributed by atoms with Gasteiger partial charge in [-0.05, 0) is 59.5 Å². The molecule has 4 rings (SSSR count). The van der Waals surface area contributed by atoms with Gasteiger partial charge in [-0.1, -0.05) is 98.4 Å². The fourth-order valence-electron chi connectivity index (χ4n) is 4.36. The Morgan fingerprint density at radius 3 is 2.13 bits per heavy atom. The largest absolute Gasteiger partial charge is 0.489 e. The van der Waals surface area contributed by atoms with E-state index in [1.165, 1.54) is 44.5 Å². The average molecular weight is 649 g/mol. The van der Waals surface area contributed by atoms with Crippen molar-refractivity contribution in [2.75, 3.05) is 20.8 Å². The van der Waals surface area contributed by atoms with E-state index in [2.05, 4.69) is 10.7 Å². The smallest absolute Gasteiger partial charge is 0.417 e. The number of esters is 1. The third-order valence-electron chi connectivity index (χ3n) is 6.20. The van der Waals surface area contributed by atoms with Crippen molar-refractivity contribution in [3.8, 4) is 16.9 Å². The van der Waals surface area contributed by atoms with Crippen LogP contribution in [0.1, 0.15) is 78.5 Å². The maximum absolute atomic E-state index is 14.2. The Morgan fingerprint density at radius 2 is 1.57 bits per heavy atom.